The van der Waals surface area contributed by atoms with Gasteiger partial charge in [0.15, 0.2) is 0 Å². The highest BCUT2D eigenvalue weighted by Crippen LogP contribution is 2.25. The highest BCUT2D eigenvalue weighted by molar-refractivity contribution is 5.92. The number of aromatic carboxylic acids is 2. The van der Waals surface area contributed by atoms with Gasteiger partial charge in [-0.1, -0.05) is 96.2 Å². The number of ether oxygens (including phenoxy) is 3. The molecule has 3 N–H and O–H groups in total. The molecular weight excluding hydrogens is 648 g/mol. The van der Waals surface area contributed by atoms with Gasteiger partial charge in [-0.05, 0) is 74.9 Å². The predicted octanol–water partition coefficient (Wildman–Crippen LogP) is 9.66. The van der Waals surface area contributed by atoms with Gasteiger partial charge >= 0.3 is 17.9 Å². The van der Waals surface area contributed by atoms with Crippen LogP contribution in [0.15, 0.2) is 91.1 Å². The topological polar surface area (TPSA) is 140 Å². The summed E-state index contributed by atoms with van der Waals surface area (Å²) in [6.45, 7) is 13.2. The quantitative estimate of drug-likeness (QED) is 0.0926. The number of allylic oxidation sites excluding steroid dienone is 3. The van der Waals surface area contributed by atoms with Crippen molar-refractivity contribution in [3.8, 4) is 17.2 Å². The Kier molecular flexibility index (Phi) is 22.0. The molecule has 9 heteroatoms. The number of hydrogen-bond donors (Lipinski definition) is 3. The number of rotatable bonds is 17. The van der Waals surface area contributed by atoms with Crippen molar-refractivity contribution in [3.05, 3.63) is 124 Å². The van der Waals surface area contributed by atoms with Crippen LogP contribution in [-0.4, -0.2) is 53.0 Å². The molecule has 0 fully saturated rings. The van der Waals surface area contributed by atoms with Gasteiger partial charge < -0.3 is 29.5 Å². The molecule has 0 heterocycles. The second kappa shape index (κ2) is 25.6. The fourth-order valence-electron chi connectivity index (χ4n) is 4.85. The lowest BCUT2D eigenvalue weighted by Gasteiger charge is -2.13. The van der Waals surface area contributed by atoms with Gasteiger partial charge in [0, 0.05) is 16.7 Å². The first kappa shape index (κ1) is 43.7. The fraction of sp³-hybridized carbons (Fsp3) is 0.357. The third kappa shape index (κ3) is 15.4. The minimum atomic E-state index is -0.997. The van der Waals surface area contributed by atoms with Gasteiger partial charge in [0.25, 0.3) is 0 Å². The molecule has 9 nitrogen and oxygen atoms in total. The first-order valence-corrected chi connectivity index (χ1v) is 17.5. The number of carboxylic acid groups (broad SMARTS) is 2. The van der Waals surface area contributed by atoms with Gasteiger partial charge in [0.05, 0.1) is 16.7 Å². The average molecular weight is 703 g/mol. The summed E-state index contributed by atoms with van der Waals surface area (Å²) in [5.74, 6) is -0.737. The summed E-state index contributed by atoms with van der Waals surface area (Å²) in [4.78, 5) is 33.9. The molecule has 276 valence electrons. The van der Waals surface area contributed by atoms with E-state index in [0.717, 1.165) is 42.6 Å². The molecule has 51 heavy (non-hydrogen) atoms. The van der Waals surface area contributed by atoms with Crippen LogP contribution in [0.5, 0.6) is 17.2 Å². The molecule has 3 aromatic carbocycles. The van der Waals surface area contributed by atoms with Gasteiger partial charge in [-0.2, -0.15) is 0 Å². The Morgan fingerprint density at radius 1 is 0.529 bits per heavy atom. The number of hydrogen-bond acceptors (Lipinski definition) is 7. The number of carboxylic acids is 2. The molecule has 0 unspecified atom stereocenters. The molecule has 0 aromatic heterocycles. The average Bonchev–Trinajstić information content (AvgIpc) is 3.13. The van der Waals surface area contributed by atoms with E-state index in [4.69, 9.17) is 24.4 Å². The molecule has 0 atom stereocenters. The van der Waals surface area contributed by atoms with Crippen LogP contribution in [0.4, 0.5) is 0 Å². The molecule has 0 saturated carbocycles. The summed E-state index contributed by atoms with van der Waals surface area (Å²) in [7, 11) is 0. The Hall–Kier alpha value is -5.31. The standard InChI is InChI=1S/C19H26O3.C14H18O3.C9H10O3/c1-4-7-9-14-21-18-13-11-12-17(16(18)6-3)19(20)22-15-10-8-5-2;1-3-5-6-10-17-13-9-7-8-12(14(15)16)11(13)4-2;1-2-6-7(9(11)12)4-3-5-8(6)10/h7-13H,4-6,14-15H2,1-3H3;5-9H,3-4,10H2,1-2H3,(H,15,16);3-5,10H,2H2,1H3,(H,11,12)/b9-7-,10-8-;6-5-;. The molecule has 3 aromatic rings. The van der Waals surface area contributed by atoms with Crippen molar-refractivity contribution in [1.82, 2.24) is 0 Å². The van der Waals surface area contributed by atoms with Crippen molar-refractivity contribution < 1.29 is 43.9 Å². The molecule has 0 saturated heterocycles. The van der Waals surface area contributed by atoms with Crippen LogP contribution in [0.3, 0.4) is 0 Å². The lowest BCUT2D eigenvalue weighted by molar-refractivity contribution is 0.0546. The first-order valence-electron chi connectivity index (χ1n) is 17.5. The Labute approximate surface area is 302 Å². The van der Waals surface area contributed by atoms with Crippen molar-refractivity contribution in [1.29, 1.82) is 0 Å². The van der Waals surface area contributed by atoms with Crippen LogP contribution in [-0.2, 0) is 24.0 Å². The van der Waals surface area contributed by atoms with E-state index in [2.05, 4.69) is 19.9 Å². The normalized spacial score (nSPS) is 10.7. The molecule has 0 aliphatic heterocycles. The summed E-state index contributed by atoms with van der Waals surface area (Å²) in [6.07, 6.45) is 16.6. The Bertz CT molecular complexity index is 1600. The minimum absolute atomic E-state index is 0.0531. The number of phenolic OH excluding ortho intramolecular Hbond substituents is 1. The number of carbonyl (C=O) groups excluding carboxylic acids is 1. The maximum Gasteiger partial charge on any atom is 0.338 e. The zero-order valence-electron chi connectivity index (χ0n) is 30.8. The Morgan fingerprint density at radius 2 is 0.922 bits per heavy atom. The van der Waals surface area contributed by atoms with Gasteiger partial charge in [0.1, 0.15) is 37.1 Å². The van der Waals surface area contributed by atoms with Gasteiger partial charge in [0.2, 0.25) is 0 Å². The summed E-state index contributed by atoms with van der Waals surface area (Å²) in [5.41, 5.74) is 3.23. The largest absolute Gasteiger partial charge is 0.508 e. The number of phenols is 1. The number of carbonyl (C=O) groups is 3. The minimum Gasteiger partial charge on any atom is -0.508 e. The summed E-state index contributed by atoms with van der Waals surface area (Å²) in [5, 5.41) is 27.0. The van der Waals surface area contributed by atoms with Crippen LogP contribution in [0, 0.1) is 0 Å². The van der Waals surface area contributed by atoms with Crippen molar-refractivity contribution in [3.63, 3.8) is 0 Å². The van der Waals surface area contributed by atoms with Crippen LogP contribution in [0.2, 0.25) is 0 Å². The highest BCUT2D eigenvalue weighted by Gasteiger charge is 2.16. The first-order chi connectivity index (χ1) is 24.6. The molecule has 0 bridgehead atoms. The molecule has 0 aliphatic rings. The zero-order chi connectivity index (χ0) is 38.0. The van der Waals surface area contributed by atoms with E-state index in [1.807, 2.05) is 76.3 Å². The third-order valence-corrected chi connectivity index (χ3v) is 7.35. The number of esters is 1. The van der Waals surface area contributed by atoms with Crippen LogP contribution >= 0.6 is 0 Å². The smallest absolute Gasteiger partial charge is 0.338 e. The van der Waals surface area contributed by atoms with Crippen molar-refractivity contribution >= 4 is 17.9 Å². The van der Waals surface area contributed by atoms with Crippen LogP contribution < -0.4 is 9.47 Å². The molecular formula is C42H54O9. The molecule has 0 aliphatic carbocycles. The molecule has 3 rings (SSSR count). The maximum absolute atomic E-state index is 12.2. The maximum atomic E-state index is 12.2. The highest BCUT2D eigenvalue weighted by atomic mass is 16.5. The number of benzene rings is 3. The Morgan fingerprint density at radius 3 is 1.33 bits per heavy atom. The lowest BCUT2D eigenvalue weighted by atomic mass is 10.0. The van der Waals surface area contributed by atoms with Gasteiger partial charge in [-0.15, -0.1) is 0 Å². The van der Waals surface area contributed by atoms with Crippen molar-refractivity contribution in [2.75, 3.05) is 19.8 Å². The molecule has 0 spiro atoms. The van der Waals surface area contributed by atoms with Crippen LogP contribution in [0.25, 0.3) is 0 Å². The third-order valence-electron chi connectivity index (χ3n) is 7.35. The summed E-state index contributed by atoms with van der Waals surface area (Å²) in [6, 6.07) is 15.1. The molecule has 0 amide bonds. The van der Waals surface area contributed by atoms with E-state index in [9.17, 15) is 19.5 Å². The van der Waals surface area contributed by atoms with Gasteiger partial charge in [-0.3, -0.25) is 0 Å². The zero-order valence-corrected chi connectivity index (χ0v) is 30.8. The van der Waals surface area contributed by atoms with E-state index in [-0.39, 0.29) is 17.3 Å². The second-order valence-corrected chi connectivity index (χ2v) is 10.9. The second-order valence-electron chi connectivity index (χ2n) is 10.9. The fourth-order valence-corrected chi connectivity index (χ4v) is 4.85. The predicted molar refractivity (Wildman–Crippen MR) is 203 cm³/mol. The Balaban J connectivity index is 0.000000399. The van der Waals surface area contributed by atoms with Crippen molar-refractivity contribution in [2.45, 2.75) is 80.1 Å². The lowest BCUT2D eigenvalue weighted by Crippen LogP contribution is -2.10. The molecule has 0 radical (unpaired) electrons. The van der Waals surface area contributed by atoms with E-state index < -0.39 is 11.9 Å². The summed E-state index contributed by atoms with van der Waals surface area (Å²) < 4.78 is 16.6. The van der Waals surface area contributed by atoms with E-state index in [1.165, 1.54) is 18.2 Å². The van der Waals surface area contributed by atoms with Crippen molar-refractivity contribution in [2.24, 2.45) is 0 Å². The van der Waals surface area contributed by atoms with Gasteiger partial charge in [-0.25, -0.2) is 14.4 Å². The van der Waals surface area contributed by atoms with Crippen LogP contribution in [0.1, 0.15) is 109 Å². The monoisotopic (exact) mass is 702 g/mol. The summed E-state index contributed by atoms with van der Waals surface area (Å²) >= 11 is 0. The van der Waals surface area contributed by atoms with E-state index in [0.29, 0.717) is 55.1 Å². The SMILES string of the molecule is CC/C=C\COC(=O)c1cccc(OC/C=C\CC)c1CC.CC/C=C\COc1cccc(C(=O)O)c1CC.CCc1c(O)cccc1C(=O)O. The van der Waals surface area contributed by atoms with E-state index >= 15 is 0 Å². The van der Waals surface area contributed by atoms with E-state index in [1.54, 1.807) is 18.2 Å². The number of aromatic hydroxyl groups is 1.